The van der Waals surface area contributed by atoms with Crippen LogP contribution in [0, 0.1) is 5.82 Å². The summed E-state index contributed by atoms with van der Waals surface area (Å²) in [6.07, 6.45) is 0.970. The van der Waals surface area contributed by atoms with Crippen LogP contribution < -0.4 is 4.74 Å². The van der Waals surface area contributed by atoms with Gasteiger partial charge in [0.25, 0.3) is 0 Å². The normalized spacial score (nSPS) is 21.8. The van der Waals surface area contributed by atoms with Gasteiger partial charge in [0.15, 0.2) is 0 Å². The molecule has 0 amide bonds. The lowest BCUT2D eigenvalue weighted by molar-refractivity contribution is 0.141. The second-order valence-electron chi connectivity index (χ2n) is 3.06. The van der Waals surface area contributed by atoms with Crippen LogP contribution in [0.3, 0.4) is 0 Å². The van der Waals surface area contributed by atoms with E-state index in [2.05, 4.69) is 0 Å². The molecule has 1 aromatic carbocycles. The van der Waals surface area contributed by atoms with E-state index in [1.165, 1.54) is 12.1 Å². The maximum Gasteiger partial charge on any atom is 0.126 e. The lowest BCUT2D eigenvalue weighted by Crippen LogP contribution is -2.15. The van der Waals surface area contributed by atoms with Crippen molar-refractivity contribution in [3.05, 3.63) is 30.1 Å². The summed E-state index contributed by atoms with van der Waals surface area (Å²) in [7, 11) is 0. The predicted molar refractivity (Wildman–Crippen MR) is 46.3 cm³/mol. The molecule has 0 N–H and O–H groups in total. The summed E-state index contributed by atoms with van der Waals surface area (Å²) in [6, 6.07) is 6.18. The van der Waals surface area contributed by atoms with Crippen molar-refractivity contribution >= 4 is 0 Å². The molecule has 3 heteroatoms. The third kappa shape index (κ3) is 2.18. The van der Waals surface area contributed by atoms with Gasteiger partial charge >= 0.3 is 0 Å². The molecule has 0 aliphatic carbocycles. The highest BCUT2D eigenvalue weighted by Gasteiger charge is 2.16. The van der Waals surface area contributed by atoms with Gasteiger partial charge in [-0.05, 0) is 12.1 Å². The van der Waals surface area contributed by atoms with Gasteiger partial charge in [0.2, 0.25) is 0 Å². The van der Waals surface area contributed by atoms with Gasteiger partial charge in [-0.1, -0.05) is 6.07 Å². The van der Waals surface area contributed by atoms with Crippen molar-refractivity contribution in [3.8, 4) is 5.75 Å². The second kappa shape index (κ2) is 3.75. The van der Waals surface area contributed by atoms with E-state index in [9.17, 15) is 4.39 Å². The zero-order chi connectivity index (χ0) is 9.10. The topological polar surface area (TPSA) is 18.5 Å². The largest absolute Gasteiger partial charge is 0.488 e. The van der Waals surface area contributed by atoms with Crippen molar-refractivity contribution in [2.45, 2.75) is 12.5 Å². The number of hydrogen-bond acceptors (Lipinski definition) is 2. The average molecular weight is 182 g/mol. The highest BCUT2D eigenvalue weighted by atomic mass is 19.1. The summed E-state index contributed by atoms with van der Waals surface area (Å²) in [4.78, 5) is 0. The molecule has 1 aliphatic rings. The zero-order valence-electron chi connectivity index (χ0n) is 7.20. The number of rotatable bonds is 2. The molecule has 70 valence electrons. The summed E-state index contributed by atoms with van der Waals surface area (Å²) in [6.45, 7) is 1.34. The first-order valence-corrected chi connectivity index (χ1v) is 4.34. The molecule has 1 saturated heterocycles. The molecule has 0 unspecified atom stereocenters. The fraction of sp³-hybridized carbons (Fsp3) is 0.400. The third-order valence-corrected chi connectivity index (χ3v) is 1.99. The van der Waals surface area contributed by atoms with E-state index in [0.29, 0.717) is 12.4 Å². The van der Waals surface area contributed by atoms with E-state index in [1.807, 2.05) is 0 Å². The van der Waals surface area contributed by atoms with Crippen LogP contribution in [0.4, 0.5) is 4.39 Å². The molecule has 1 heterocycles. The molecule has 1 fully saturated rings. The Morgan fingerprint density at radius 2 is 2.38 bits per heavy atom. The molecule has 1 aromatic rings. The van der Waals surface area contributed by atoms with Gasteiger partial charge in [0.05, 0.1) is 13.2 Å². The Hall–Kier alpha value is -1.09. The molecule has 0 bridgehead atoms. The first kappa shape index (κ1) is 8.51. The maximum absolute atomic E-state index is 12.7. The van der Waals surface area contributed by atoms with Crippen molar-refractivity contribution in [1.82, 2.24) is 0 Å². The summed E-state index contributed by atoms with van der Waals surface area (Å²) in [5.41, 5.74) is 0. The van der Waals surface area contributed by atoms with Gasteiger partial charge in [-0.3, -0.25) is 0 Å². The van der Waals surface area contributed by atoms with Crippen LogP contribution in [0.1, 0.15) is 6.42 Å². The van der Waals surface area contributed by atoms with Crippen LogP contribution in [0.15, 0.2) is 24.3 Å². The Morgan fingerprint density at radius 3 is 3.08 bits per heavy atom. The Labute approximate surface area is 76.3 Å². The van der Waals surface area contributed by atoms with Crippen LogP contribution >= 0.6 is 0 Å². The highest BCUT2D eigenvalue weighted by Crippen LogP contribution is 2.17. The van der Waals surface area contributed by atoms with Crippen LogP contribution in [-0.4, -0.2) is 19.3 Å². The summed E-state index contributed by atoms with van der Waals surface area (Å²) in [5, 5.41) is 0. The van der Waals surface area contributed by atoms with Crippen molar-refractivity contribution in [2.24, 2.45) is 0 Å². The quantitative estimate of drug-likeness (QED) is 0.696. The number of ether oxygens (including phenoxy) is 2. The lowest BCUT2D eigenvalue weighted by Gasteiger charge is -2.11. The van der Waals surface area contributed by atoms with Crippen LogP contribution in [0.5, 0.6) is 5.75 Å². The average Bonchev–Trinajstić information content (AvgIpc) is 2.57. The molecular formula is C10H11FO2. The van der Waals surface area contributed by atoms with Crippen LogP contribution in [-0.2, 0) is 4.74 Å². The lowest BCUT2D eigenvalue weighted by atomic mass is 10.3. The van der Waals surface area contributed by atoms with Crippen molar-refractivity contribution in [2.75, 3.05) is 13.2 Å². The first-order chi connectivity index (χ1) is 6.34. The Kier molecular flexibility index (Phi) is 2.45. The molecule has 2 nitrogen and oxygen atoms in total. The minimum absolute atomic E-state index is 0.0850. The molecule has 1 atom stereocenters. The summed E-state index contributed by atoms with van der Waals surface area (Å²) < 4.78 is 23.4. The van der Waals surface area contributed by atoms with E-state index in [4.69, 9.17) is 9.47 Å². The molecule has 0 aromatic heterocycles. The van der Waals surface area contributed by atoms with E-state index < -0.39 is 0 Å². The molecule has 1 aliphatic heterocycles. The van der Waals surface area contributed by atoms with Gasteiger partial charge in [0, 0.05) is 12.5 Å². The minimum Gasteiger partial charge on any atom is -0.488 e. The highest BCUT2D eigenvalue weighted by molar-refractivity contribution is 5.22. The monoisotopic (exact) mass is 182 g/mol. The Morgan fingerprint density at radius 1 is 1.46 bits per heavy atom. The van der Waals surface area contributed by atoms with E-state index >= 15 is 0 Å². The summed E-state index contributed by atoms with van der Waals surface area (Å²) in [5.74, 6) is 0.312. The first-order valence-electron chi connectivity index (χ1n) is 4.34. The van der Waals surface area contributed by atoms with Crippen molar-refractivity contribution in [1.29, 1.82) is 0 Å². The fourth-order valence-electron chi connectivity index (χ4n) is 1.34. The van der Waals surface area contributed by atoms with Crippen LogP contribution in [0.2, 0.25) is 0 Å². The molecule has 0 saturated carbocycles. The minimum atomic E-state index is -0.267. The van der Waals surface area contributed by atoms with Gasteiger partial charge in [0.1, 0.15) is 17.7 Å². The zero-order valence-corrected chi connectivity index (χ0v) is 7.20. The standard InChI is InChI=1S/C10H11FO2/c11-8-2-1-3-9(6-8)13-10-4-5-12-7-10/h1-3,6,10H,4-5,7H2/t10-/m0/s1. The van der Waals surface area contributed by atoms with E-state index in [1.54, 1.807) is 12.1 Å². The van der Waals surface area contributed by atoms with Crippen molar-refractivity contribution in [3.63, 3.8) is 0 Å². The van der Waals surface area contributed by atoms with E-state index in [-0.39, 0.29) is 11.9 Å². The third-order valence-electron chi connectivity index (χ3n) is 1.99. The van der Waals surface area contributed by atoms with Crippen molar-refractivity contribution < 1.29 is 13.9 Å². The predicted octanol–water partition coefficient (Wildman–Crippen LogP) is 1.99. The summed E-state index contributed by atoms with van der Waals surface area (Å²) >= 11 is 0. The fourth-order valence-corrected chi connectivity index (χ4v) is 1.34. The Bertz CT molecular complexity index is 282. The van der Waals surface area contributed by atoms with Gasteiger partial charge in [-0.15, -0.1) is 0 Å². The van der Waals surface area contributed by atoms with Crippen LogP contribution in [0.25, 0.3) is 0 Å². The van der Waals surface area contributed by atoms with Gasteiger partial charge in [-0.2, -0.15) is 0 Å². The maximum atomic E-state index is 12.7. The Balaban J connectivity index is 2.00. The number of benzene rings is 1. The van der Waals surface area contributed by atoms with E-state index in [0.717, 1.165) is 13.0 Å². The molecular weight excluding hydrogens is 171 g/mol. The number of hydrogen-bond donors (Lipinski definition) is 0. The molecule has 0 spiro atoms. The van der Waals surface area contributed by atoms with Gasteiger partial charge in [-0.25, -0.2) is 4.39 Å². The molecule has 0 radical (unpaired) electrons. The number of halogens is 1. The SMILES string of the molecule is Fc1cccc(O[C@H]2CCOC2)c1. The second-order valence-corrected chi connectivity index (χ2v) is 3.06. The smallest absolute Gasteiger partial charge is 0.126 e. The molecule has 2 rings (SSSR count). The molecule has 13 heavy (non-hydrogen) atoms. The van der Waals surface area contributed by atoms with Gasteiger partial charge < -0.3 is 9.47 Å².